The first-order valence-electron chi connectivity index (χ1n) is 7.80. The van der Waals surface area contributed by atoms with Crippen LogP contribution in [-0.2, 0) is 27.0 Å². The molecule has 0 aliphatic rings. The summed E-state index contributed by atoms with van der Waals surface area (Å²) >= 11 is 0. The lowest BCUT2D eigenvalue weighted by molar-refractivity contribution is -0.141. The summed E-state index contributed by atoms with van der Waals surface area (Å²) < 4.78 is 40.2. The molecule has 0 fully saturated rings. The molecule has 0 bridgehead atoms. The molecule has 0 aliphatic carbocycles. The summed E-state index contributed by atoms with van der Waals surface area (Å²) in [6.07, 6.45) is -5.02. The molecule has 9 heteroatoms. The molecule has 2 aromatic rings. The highest BCUT2D eigenvalue weighted by Gasteiger charge is 2.37. The van der Waals surface area contributed by atoms with E-state index in [1.54, 1.807) is 12.1 Å². The van der Waals surface area contributed by atoms with Gasteiger partial charge in [-0.2, -0.15) is 13.2 Å². The second-order valence-electron chi connectivity index (χ2n) is 5.90. The van der Waals surface area contributed by atoms with Crippen molar-refractivity contribution in [2.24, 2.45) is 0 Å². The minimum Gasteiger partial charge on any atom is -0.351 e. The van der Waals surface area contributed by atoms with Gasteiger partial charge in [0.2, 0.25) is 11.8 Å². The Balaban J connectivity index is 2.42. The molecule has 0 aliphatic heterocycles. The number of fused-ring (bicyclic) bond motifs is 1. The molecule has 6 nitrogen and oxygen atoms in total. The Morgan fingerprint density at radius 2 is 1.81 bits per heavy atom. The molecule has 1 aromatic heterocycles. The molecule has 0 unspecified atom stereocenters. The summed E-state index contributed by atoms with van der Waals surface area (Å²) in [6, 6.07) is 4.94. The van der Waals surface area contributed by atoms with Crippen LogP contribution in [0.1, 0.15) is 25.1 Å². The van der Waals surface area contributed by atoms with Crippen LogP contribution in [0.3, 0.4) is 0 Å². The van der Waals surface area contributed by atoms with Crippen LogP contribution in [0.2, 0.25) is 0 Å². The summed E-state index contributed by atoms with van der Waals surface area (Å²) in [5.41, 5.74) is -0.807. The molecule has 0 saturated carbocycles. The van der Waals surface area contributed by atoms with Gasteiger partial charge in [-0.25, -0.2) is 0 Å². The number of para-hydroxylation sites is 1. The quantitative estimate of drug-likeness (QED) is 0.727. The summed E-state index contributed by atoms with van der Waals surface area (Å²) in [5.74, 6) is -1.61. The average Bonchev–Trinajstić information content (AvgIpc) is 2.90. The highest BCUT2D eigenvalue weighted by Crippen LogP contribution is 2.36. The summed E-state index contributed by atoms with van der Waals surface area (Å²) in [4.78, 5) is 37.0. The maximum absolute atomic E-state index is 13.4. The molecule has 0 spiro atoms. The lowest BCUT2D eigenvalue weighted by Crippen LogP contribution is -2.48. The van der Waals surface area contributed by atoms with Crippen molar-refractivity contribution in [3.8, 4) is 0 Å². The molecule has 0 saturated heterocycles. The van der Waals surface area contributed by atoms with Gasteiger partial charge in [-0.15, -0.1) is 0 Å². The molecule has 1 heterocycles. The maximum Gasteiger partial charge on any atom is 0.431 e. The van der Waals surface area contributed by atoms with E-state index in [1.165, 1.54) is 19.1 Å². The number of carbonyl (C=O) groups excluding carboxylic acids is 3. The maximum atomic E-state index is 13.4. The van der Waals surface area contributed by atoms with Gasteiger partial charge in [-0.1, -0.05) is 18.2 Å². The van der Waals surface area contributed by atoms with Gasteiger partial charge in [-0.3, -0.25) is 14.4 Å². The van der Waals surface area contributed by atoms with Gasteiger partial charge in [0.1, 0.15) is 17.5 Å². The first-order chi connectivity index (χ1) is 12.1. The smallest absolute Gasteiger partial charge is 0.351 e. The number of Topliss-reactive ketones (excluding diaryl/α,β-unsaturated/α-hetero) is 1. The van der Waals surface area contributed by atoms with Crippen LogP contribution in [0.5, 0.6) is 0 Å². The normalized spacial score (nSPS) is 12.7. The summed E-state index contributed by atoms with van der Waals surface area (Å²) in [7, 11) is 0. The van der Waals surface area contributed by atoms with Gasteiger partial charge in [0, 0.05) is 24.2 Å². The van der Waals surface area contributed by atoms with Crippen molar-refractivity contribution in [2.75, 3.05) is 6.54 Å². The zero-order valence-electron chi connectivity index (χ0n) is 14.2. The zero-order chi connectivity index (χ0) is 19.5. The summed E-state index contributed by atoms with van der Waals surface area (Å²) in [6.45, 7) is 2.15. The second-order valence-corrected chi connectivity index (χ2v) is 5.90. The van der Waals surface area contributed by atoms with Crippen LogP contribution < -0.4 is 10.6 Å². The Morgan fingerprint density at radius 3 is 2.38 bits per heavy atom. The Kier molecular flexibility index (Phi) is 5.69. The number of hydrogen-bond acceptors (Lipinski definition) is 3. The van der Waals surface area contributed by atoms with E-state index >= 15 is 0 Å². The largest absolute Gasteiger partial charge is 0.431 e. The van der Waals surface area contributed by atoms with E-state index in [9.17, 15) is 27.6 Å². The van der Waals surface area contributed by atoms with Gasteiger partial charge in [0.25, 0.3) is 0 Å². The van der Waals surface area contributed by atoms with E-state index in [-0.39, 0.29) is 29.8 Å². The van der Waals surface area contributed by atoms with E-state index in [0.717, 1.165) is 6.92 Å². The predicted molar refractivity (Wildman–Crippen MR) is 88.3 cm³/mol. The predicted octanol–water partition coefficient (Wildman–Crippen LogP) is 1.94. The van der Waals surface area contributed by atoms with Crippen LogP contribution in [0.25, 0.3) is 10.9 Å². The minimum absolute atomic E-state index is 0.121. The molecule has 1 aromatic carbocycles. The van der Waals surface area contributed by atoms with Crippen molar-refractivity contribution in [2.45, 2.75) is 32.5 Å². The first-order valence-corrected chi connectivity index (χ1v) is 7.80. The molecule has 1 atom stereocenters. The molecular formula is C17H18F3N3O3. The number of hydrogen-bond donors (Lipinski definition) is 3. The second kappa shape index (κ2) is 7.59. The number of ketones is 1. The fourth-order valence-electron chi connectivity index (χ4n) is 2.65. The Hall–Kier alpha value is -2.84. The van der Waals surface area contributed by atoms with Gasteiger partial charge < -0.3 is 15.6 Å². The van der Waals surface area contributed by atoms with E-state index in [0.29, 0.717) is 5.39 Å². The number of halogens is 3. The van der Waals surface area contributed by atoms with Gasteiger partial charge in [0.05, 0.1) is 6.54 Å². The van der Waals surface area contributed by atoms with Gasteiger partial charge in [0.15, 0.2) is 0 Å². The highest BCUT2D eigenvalue weighted by atomic mass is 19.4. The minimum atomic E-state index is -4.65. The highest BCUT2D eigenvalue weighted by molar-refractivity contribution is 5.91. The SMILES string of the molecule is CC(=O)CNC(=O)[C@H](Cc1c(C(F)(F)F)[nH]c2ccccc12)NC(C)=O. The van der Waals surface area contributed by atoms with Crippen LogP contribution >= 0.6 is 0 Å². The van der Waals surface area contributed by atoms with Crippen molar-refractivity contribution < 1.29 is 27.6 Å². The average molecular weight is 369 g/mol. The number of benzene rings is 1. The van der Waals surface area contributed by atoms with E-state index < -0.39 is 29.7 Å². The van der Waals surface area contributed by atoms with Crippen molar-refractivity contribution in [3.63, 3.8) is 0 Å². The third-order valence-corrected chi connectivity index (χ3v) is 3.71. The standard InChI is InChI=1S/C17H18F3N3O3/c1-9(24)8-21-16(26)14(22-10(2)25)7-12-11-5-3-4-6-13(11)23-15(12)17(18,19)20/h3-6,14,23H,7-8H2,1-2H3,(H,21,26)(H,22,25)/t14-/m0/s1. The van der Waals surface area contributed by atoms with Crippen LogP contribution in [-0.4, -0.2) is 35.2 Å². The lowest BCUT2D eigenvalue weighted by Gasteiger charge is -2.18. The van der Waals surface area contributed by atoms with Crippen LogP contribution in [0, 0.1) is 0 Å². The van der Waals surface area contributed by atoms with Crippen LogP contribution in [0.15, 0.2) is 24.3 Å². The molecule has 140 valence electrons. The molecular weight excluding hydrogens is 351 g/mol. The number of alkyl halides is 3. The third kappa shape index (κ3) is 4.62. The lowest BCUT2D eigenvalue weighted by atomic mass is 10.0. The molecule has 0 radical (unpaired) electrons. The fraction of sp³-hybridized carbons (Fsp3) is 0.353. The molecule has 26 heavy (non-hydrogen) atoms. The third-order valence-electron chi connectivity index (χ3n) is 3.71. The van der Waals surface area contributed by atoms with E-state index in [4.69, 9.17) is 0 Å². The Bertz CT molecular complexity index is 843. The van der Waals surface area contributed by atoms with Crippen molar-refractivity contribution in [1.29, 1.82) is 0 Å². The number of aromatic amines is 1. The van der Waals surface area contributed by atoms with Crippen molar-refractivity contribution in [3.05, 3.63) is 35.5 Å². The zero-order valence-corrected chi connectivity index (χ0v) is 14.2. The van der Waals surface area contributed by atoms with Crippen LogP contribution in [0.4, 0.5) is 13.2 Å². The number of amides is 2. The number of H-pyrrole nitrogens is 1. The molecule has 2 rings (SSSR count). The van der Waals surface area contributed by atoms with E-state index in [1.807, 2.05) is 0 Å². The number of rotatable bonds is 6. The van der Waals surface area contributed by atoms with Gasteiger partial charge >= 0.3 is 6.18 Å². The Morgan fingerprint density at radius 1 is 1.15 bits per heavy atom. The monoisotopic (exact) mass is 369 g/mol. The molecule has 2 amide bonds. The number of nitrogens with one attached hydrogen (secondary N) is 3. The number of aromatic nitrogens is 1. The van der Waals surface area contributed by atoms with Crippen molar-refractivity contribution in [1.82, 2.24) is 15.6 Å². The summed E-state index contributed by atoms with van der Waals surface area (Å²) in [5, 5.41) is 4.97. The molecule has 3 N–H and O–H groups in total. The van der Waals surface area contributed by atoms with Crippen molar-refractivity contribution >= 4 is 28.5 Å². The van der Waals surface area contributed by atoms with Gasteiger partial charge in [-0.05, 0) is 18.6 Å². The fourth-order valence-corrected chi connectivity index (χ4v) is 2.65. The topological polar surface area (TPSA) is 91.1 Å². The first kappa shape index (κ1) is 19.5. The Labute approximate surface area is 147 Å². The van der Waals surface area contributed by atoms with E-state index in [2.05, 4.69) is 15.6 Å². The number of carbonyl (C=O) groups is 3.